The van der Waals surface area contributed by atoms with Gasteiger partial charge >= 0.3 is 0 Å². The van der Waals surface area contributed by atoms with Crippen molar-refractivity contribution in [2.24, 2.45) is 5.92 Å². The second kappa shape index (κ2) is 8.04. The van der Waals surface area contributed by atoms with E-state index in [0.29, 0.717) is 12.5 Å². The largest absolute Gasteiger partial charge is 0.493 e. The predicted octanol–water partition coefficient (Wildman–Crippen LogP) is 4.94. The summed E-state index contributed by atoms with van der Waals surface area (Å²) in [5.41, 5.74) is 0.905. The molecule has 0 spiro atoms. The van der Waals surface area contributed by atoms with Crippen LogP contribution in [0.3, 0.4) is 0 Å². The molecule has 21 heavy (non-hydrogen) atoms. The molecular formula is C16H25ClO3S. The zero-order valence-corrected chi connectivity index (χ0v) is 14.8. The maximum atomic E-state index is 11.5. The van der Waals surface area contributed by atoms with Crippen molar-refractivity contribution in [3.63, 3.8) is 0 Å². The summed E-state index contributed by atoms with van der Waals surface area (Å²) in [5, 5.41) is 0. The molecule has 120 valence electrons. The van der Waals surface area contributed by atoms with Gasteiger partial charge < -0.3 is 4.74 Å². The Balaban J connectivity index is 3.02. The van der Waals surface area contributed by atoms with Gasteiger partial charge in [0, 0.05) is 10.7 Å². The van der Waals surface area contributed by atoms with E-state index in [1.54, 1.807) is 12.1 Å². The van der Waals surface area contributed by atoms with Gasteiger partial charge in [-0.25, -0.2) is 8.42 Å². The van der Waals surface area contributed by atoms with Gasteiger partial charge in [-0.2, -0.15) is 0 Å². The Labute approximate surface area is 133 Å². The molecule has 3 nitrogen and oxygen atoms in total. The van der Waals surface area contributed by atoms with Crippen LogP contribution in [-0.4, -0.2) is 15.0 Å². The Bertz CT molecular complexity index is 555. The Morgan fingerprint density at radius 1 is 1.24 bits per heavy atom. The number of hydrogen-bond acceptors (Lipinski definition) is 3. The maximum absolute atomic E-state index is 11.5. The third-order valence-electron chi connectivity index (χ3n) is 3.71. The topological polar surface area (TPSA) is 43.4 Å². The van der Waals surface area contributed by atoms with Crippen molar-refractivity contribution in [1.82, 2.24) is 0 Å². The van der Waals surface area contributed by atoms with Gasteiger partial charge in [0.15, 0.2) is 0 Å². The van der Waals surface area contributed by atoms with Gasteiger partial charge in [-0.05, 0) is 48.4 Å². The van der Waals surface area contributed by atoms with Crippen LogP contribution in [0.5, 0.6) is 5.75 Å². The van der Waals surface area contributed by atoms with Gasteiger partial charge in [0.1, 0.15) is 5.75 Å². The molecule has 0 saturated heterocycles. The second-order valence-corrected chi connectivity index (χ2v) is 8.22. The zero-order valence-electron chi connectivity index (χ0n) is 13.2. The zero-order chi connectivity index (χ0) is 16.0. The average Bonchev–Trinajstić information content (AvgIpc) is 2.43. The third-order valence-corrected chi connectivity index (χ3v) is 5.06. The molecule has 0 N–H and O–H groups in total. The highest BCUT2D eigenvalue weighted by Crippen LogP contribution is 2.32. The fourth-order valence-corrected chi connectivity index (χ4v) is 3.01. The van der Waals surface area contributed by atoms with Crippen LogP contribution in [0.2, 0.25) is 0 Å². The Hall–Kier alpha value is -0.740. The Morgan fingerprint density at radius 2 is 1.90 bits per heavy atom. The van der Waals surface area contributed by atoms with Crippen LogP contribution < -0.4 is 4.74 Å². The molecule has 0 aliphatic rings. The lowest BCUT2D eigenvalue weighted by atomic mass is 9.97. The third kappa shape index (κ3) is 5.51. The van der Waals surface area contributed by atoms with Crippen molar-refractivity contribution in [3.8, 4) is 5.75 Å². The summed E-state index contributed by atoms with van der Waals surface area (Å²) >= 11 is 0. The summed E-state index contributed by atoms with van der Waals surface area (Å²) in [6, 6.07) is 4.86. The molecule has 0 aliphatic carbocycles. The van der Waals surface area contributed by atoms with E-state index in [1.807, 2.05) is 0 Å². The monoisotopic (exact) mass is 332 g/mol. The smallest absolute Gasteiger partial charge is 0.261 e. The van der Waals surface area contributed by atoms with Crippen molar-refractivity contribution in [2.75, 3.05) is 6.61 Å². The van der Waals surface area contributed by atoms with Gasteiger partial charge in [-0.15, -0.1) is 0 Å². The summed E-state index contributed by atoms with van der Waals surface area (Å²) in [6.07, 6.45) is 3.16. The molecule has 1 aromatic carbocycles. The van der Waals surface area contributed by atoms with E-state index in [1.165, 1.54) is 6.07 Å². The molecule has 2 atom stereocenters. The van der Waals surface area contributed by atoms with Crippen LogP contribution in [0, 0.1) is 5.92 Å². The number of ether oxygens (including phenoxy) is 1. The lowest BCUT2D eigenvalue weighted by Crippen LogP contribution is -2.10. The first kappa shape index (κ1) is 18.3. The molecule has 1 rings (SSSR count). The van der Waals surface area contributed by atoms with Crippen LogP contribution in [0.15, 0.2) is 23.1 Å². The highest BCUT2D eigenvalue weighted by atomic mass is 35.7. The van der Waals surface area contributed by atoms with Crippen molar-refractivity contribution >= 4 is 19.7 Å². The fraction of sp³-hybridized carbons (Fsp3) is 0.625. The first-order valence-corrected chi connectivity index (χ1v) is 9.81. The predicted molar refractivity (Wildman–Crippen MR) is 87.8 cm³/mol. The minimum Gasteiger partial charge on any atom is -0.493 e. The van der Waals surface area contributed by atoms with Crippen LogP contribution in [0.25, 0.3) is 0 Å². The van der Waals surface area contributed by atoms with E-state index in [-0.39, 0.29) is 10.8 Å². The van der Waals surface area contributed by atoms with E-state index < -0.39 is 9.05 Å². The normalized spacial score (nSPS) is 14.7. The summed E-state index contributed by atoms with van der Waals surface area (Å²) in [7, 11) is 1.72. The van der Waals surface area contributed by atoms with Crippen LogP contribution in [0.1, 0.15) is 58.4 Å². The molecule has 0 aliphatic heterocycles. The highest BCUT2D eigenvalue weighted by molar-refractivity contribution is 8.13. The van der Waals surface area contributed by atoms with Gasteiger partial charge in [0.25, 0.3) is 9.05 Å². The Morgan fingerprint density at radius 3 is 2.43 bits per heavy atom. The lowest BCUT2D eigenvalue weighted by molar-refractivity contribution is 0.248. The molecule has 1 aromatic rings. The molecule has 0 heterocycles. The number of benzene rings is 1. The fourth-order valence-electron chi connectivity index (χ4n) is 2.22. The minimum absolute atomic E-state index is 0.133. The van der Waals surface area contributed by atoms with E-state index in [4.69, 9.17) is 15.4 Å². The molecule has 0 aromatic heterocycles. The van der Waals surface area contributed by atoms with E-state index in [2.05, 4.69) is 27.7 Å². The van der Waals surface area contributed by atoms with Gasteiger partial charge in [0.2, 0.25) is 0 Å². The second-order valence-electron chi connectivity index (χ2n) is 5.65. The average molecular weight is 333 g/mol. The summed E-state index contributed by atoms with van der Waals surface area (Å²) in [6.45, 7) is 9.08. The van der Waals surface area contributed by atoms with Crippen molar-refractivity contribution in [3.05, 3.63) is 23.8 Å². The van der Waals surface area contributed by atoms with Crippen molar-refractivity contribution in [1.29, 1.82) is 0 Å². The number of hydrogen-bond donors (Lipinski definition) is 0. The highest BCUT2D eigenvalue weighted by Gasteiger charge is 2.17. The SMILES string of the molecule is CCCC(C)COc1ccc(S(=O)(=O)Cl)cc1C(C)CC. The molecule has 5 heteroatoms. The van der Waals surface area contributed by atoms with Gasteiger partial charge in [0.05, 0.1) is 11.5 Å². The van der Waals surface area contributed by atoms with Gasteiger partial charge in [-0.1, -0.05) is 34.1 Å². The van der Waals surface area contributed by atoms with Crippen LogP contribution >= 0.6 is 10.7 Å². The summed E-state index contributed by atoms with van der Waals surface area (Å²) < 4.78 is 28.9. The van der Waals surface area contributed by atoms with Crippen LogP contribution in [-0.2, 0) is 9.05 Å². The standard InChI is InChI=1S/C16H25ClO3S/c1-5-7-12(3)11-20-16-9-8-14(21(17,18)19)10-15(16)13(4)6-2/h8-10,12-13H,5-7,11H2,1-4H3. The first-order chi connectivity index (χ1) is 9.79. The lowest BCUT2D eigenvalue weighted by Gasteiger charge is -2.18. The quantitative estimate of drug-likeness (QED) is 0.633. The number of rotatable bonds is 8. The molecule has 0 bridgehead atoms. The maximum Gasteiger partial charge on any atom is 0.261 e. The van der Waals surface area contributed by atoms with Gasteiger partial charge in [-0.3, -0.25) is 0 Å². The van der Waals surface area contributed by atoms with E-state index in [9.17, 15) is 8.42 Å². The summed E-state index contributed by atoms with van der Waals surface area (Å²) in [5.74, 6) is 1.47. The Kier molecular flexibility index (Phi) is 7.01. The minimum atomic E-state index is -3.71. The molecule has 0 radical (unpaired) electrons. The van der Waals surface area contributed by atoms with Crippen LogP contribution in [0.4, 0.5) is 0 Å². The van der Waals surface area contributed by atoms with Crippen molar-refractivity contribution < 1.29 is 13.2 Å². The molecule has 0 amide bonds. The molecule has 0 saturated carbocycles. The molecule has 0 fully saturated rings. The summed E-state index contributed by atoms with van der Waals surface area (Å²) in [4.78, 5) is 0.133. The number of halogens is 1. The van der Waals surface area contributed by atoms with E-state index >= 15 is 0 Å². The molecule has 2 unspecified atom stereocenters. The molecular weight excluding hydrogens is 308 g/mol. The first-order valence-electron chi connectivity index (χ1n) is 7.50. The van der Waals surface area contributed by atoms with E-state index in [0.717, 1.165) is 30.6 Å². The van der Waals surface area contributed by atoms with Crippen molar-refractivity contribution in [2.45, 2.75) is 57.8 Å².